The second kappa shape index (κ2) is 8.03. The Bertz CT molecular complexity index is 832. The molecule has 2 rings (SSSR count). The van der Waals surface area contributed by atoms with Crippen LogP contribution in [0, 0.1) is 5.41 Å². The van der Waals surface area contributed by atoms with Crippen LogP contribution in [0.5, 0.6) is 5.75 Å². The molecule has 0 unspecified atom stereocenters. The van der Waals surface area contributed by atoms with E-state index in [0.717, 1.165) is 0 Å². The Labute approximate surface area is 158 Å². The lowest BCUT2D eigenvalue weighted by molar-refractivity contribution is -0.123. The average molecular weight is 369 g/mol. The van der Waals surface area contributed by atoms with Gasteiger partial charge in [-0.1, -0.05) is 20.8 Å². The molecule has 0 spiro atoms. The molecule has 0 heterocycles. The molecule has 0 aliphatic rings. The second-order valence-electron chi connectivity index (χ2n) is 7.24. The summed E-state index contributed by atoms with van der Waals surface area (Å²) in [4.78, 5) is 36.5. The summed E-state index contributed by atoms with van der Waals surface area (Å²) >= 11 is 0. The smallest absolute Gasteiger partial charge is 0.338 e. The number of carbonyl (C=O) groups is 3. The summed E-state index contributed by atoms with van der Waals surface area (Å²) in [6.45, 7) is 6.93. The fraction of sp³-hybridized carbons (Fsp3) is 0.286. The minimum Gasteiger partial charge on any atom is -0.508 e. The summed E-state index contributed by atoms with van der Waals surface area (Å²) < 4.78 is 5.19. The number of nitrogens with one attached hydrogen (secondary N) is 1. The minimum atomic E-state index is -0.971. The molecule has 0 aliphatic heterocycles. The zero-order chi connectivity index (χ0) is 20.2. The number of phenolic OH excluding ortho intramolecular Hbond substituents is 1. The van der Waals surface area contributed by atoms with Gasteiger partial charge in [-0.2, -0.15) is 0 Å². The Balaban J connectivity index is 2.01. The quantitative estimate of drug-likeness (QED) is 0.618. The van der Waals surface area contributed by atoms with Crippen LogP contribution in [0.15, 0.2) is 48.5 Å². The molecule has 2 aromatic carbocycles. The van der Waals surface area contributed by atoms with Crippen LogP contribution in [-0.2, 0) is 9.53 Å². The van der Waals surface area contributed by atoms with E-state index < -0.39 is 17.5 Å². The molecular weight excluding hydrogens is 346 g/mol. The topological polar surface area (TPSA) is 92.7 Å². The van der Waals surface area contributed by atoms with Crippen molar-refractivity contribution in [1.29, 1.82) is 0 Å². The molecule has 0 aromatic heterocycles. The van der Waals surface area contributed by atoms with Crippen LogP contribution >= 0.6 is 0 Å². The molecule has 0 aliphatic carbocycles. The fourth-order valence-corrected chi connectivity index (χ4v) is 2.15. The third kappa shape index (κ3) is 5.41. The van der Waals surface area contributed by atoms with E-state index in [4.69, 9.17) is 4.74 Å². The first kappa shape index (κ1) is 20.2. The van der Waals surface area contributed by atoms with Crippen LogP contribution in [0.2, 0.25) is 0 Å². The number of benzene rings is 2. The minimum absolute atomic E-state index is 0.0364. The molecule has 2 N–H and O–H groups in total. The van der Waals surface area contributed by atoms with Gasteiger partial charge in [0.1, 0.15) is 5.75 Å². The van der Waals surface area contributed by atoms with Crippen molar-refractivity contribution >= 4 is 23.3 Å². The zero-order valence-electron chi connectivity index (χ0n) is 15.8. The van der Waals surface area contributed by atoms with Gasteiger partial charge in [-0.15, -0.1) is 0 Å². The number of amides is 1. The lowest BCUT2D eigenvalue weighted by Crippen LogP contribution is -2.27. The van der Waals surface area contributed by atoms with Gasteiger partial charge in [0.25, 0.3) is 0 Å². The number of anilines is 1. The molecule has 0 saturated carbocycles. The van der Waals surface area contributed by atoms with Crippen molar-refractivity contribution in [2.45, 2.75) is 33.8 Å². The van der Waals surface area contributed by atoms with Crippen molar-refractivity contribution in [2.24, 2.45) is 5.41 Å². The van der Waals surface area contributed by atoms with Crippen LogP contribution in [0.4, 0.5) is 5.69 Å². The van der Waals surface area contributed by atoms with E-state index in [9.17, 15) is 19.5 Å². The number of esters is 1. The largest absolute Gasteiger partial charge is 0.508 e. The zero-order valence-corrected chi connectivity index (χ0v) is 15.8. The number of ketones is 1. The number of carbonyl (C=O) groups excluding carboxylic acids is 3. The fourth-order valence-electron chi connectivity index (χ4n) is 2.15. The van der Waals surface area contributed by atoms with Crippen molar-refractivity contribution in [1.82, 2.24) is 0 Å². The second-order valence-corrected chi connectivity index (χ2v) is 7.24. The first-order chi connectivity index (χ1) is 12.6. The van der Waals surface area contributed by atoms with Crippen molar-refractivity contribution in [2.75, 3.05) is 5.32 Å². The highest BCUT2D eigenvalue weighted by Crippen LogP contribution is 2.19. The summed E-state index contributed by atoms with van der Waals surface area (Å²) in [6, 6.07) is 12.0. The van der Waals surface area contributed by atoms with Gasteiger partial charge < -0.3 is 15.2 Å². The molecule has 1 amide bonds. The van der Waals surface area contributed by atoms with E-state index >= 15 is 0 Å². The Kier molecular flexibility index (Phi) is 6.00. The highest BCUT2D eigenvalue weighted by Gasteiger charge is 2.22. The van der Waals surface area contributed by atoms with Crippen molar-refractivity contribution in [3.63, 3.8) is 0 Å². The molecule has 2 aromatic rings. The molecule has 0 saturated heterocycles. The van der Waals surface area contributed by atoms with Gasteiger partial charge >= 0.3 is 5.97 Å². The van der Waals surface area contributed by atoms with Gasteiger partial charge in [-0.3, -0.25) is 9.59 Å². The van der Waals surface area contributed by atoms with Gasteiger partial charge in [0.05, 0.1) is 5.56 Å². The number of phenols is 1. The first-order valence-corrected chi connectivity index (χ1v) is 8.53. The Hall–Kier alpha value is -3.15. The molecular formula is C21H23NO5. The van der Waals surface area contributed by atoms with Crippen LogP contribution < -0.4 is 5.32 Å². The summed E-state index contributed by atoms with van der Waals surface area (Å²) in [5.74, 6) is -1.09. The third-order valence-electron chi connectivity index (χ3n) is 3.86. The number of Topliss-reactive ketones (excluding diaryl/α,β-unsaturated/α-hetero) is 1. The van der Waals surface area contributed by atoms with Gasteiger partial charge in [0.2, 0.25) is 11.7 Å². The Morgan fingerprint density at radius 1 is 0.926 bits per heavy atom. The third-order valence-corrected chi connectivity index (χ3v) is 3.86. The first-order valence-electron chi connectivity index (χ1n) is 8.53. The number of hydrogen-bond acceptors (Lipinski definition) is 5. The van der Waals surface area contributed by atoms with Gasteiger partial charge in [0.15, 0.2) is 6.10 Å². The molecule has 6 nitrogen and oxygen atoms in total. The Morgan fingerprint density at radius 2 is 1.44 bits per heavy atom. The maximum atomic E-state index is 12.5. The maximum Gasteiger partial charge on any atom is 0.338 e. The van der Waals surface area contributed by atoms with Crippen molar-refractivity contribution < 1.29 is 24.2 Å². The van der Waals surface area contributed by atoms with Gasteiger partial charge in [-0.05, 0) is 55.5 Å². The number of hydrogen-bond donors (Lipinski definition) is 2. The molecule has 142 valence electrons. The van der Waals surface area contributed by atoms with E-state index in [1.165, 1.54) is 31.2 Å². The van der Waals surface area contributed by atoms with E-state index in [1.807, 2.05) is 20.8 Å². The monoisotopic (exact) mass is 369 g/mol. The lowest BCUT2D eigenvalue weighted by atomic mass is 9.95. The molecule has 0 fully saturated rings. The number of rotatable bonds is 5. The molecule has 0 bridgehead atoms. The van der Waals surface area contributed by atoms with Crippen LogP contribution in [0.25, 0.3) is 0 Å². The summed E-state index contributed by atoms with van der Waals surface area (Å²) in [5, 5.41) is 12.0. The highest BCUT2D eigenvalue weighted by molar-refractivity contribution is 6.02. The van der Waals surface area contributed by atoms with Gasteiger partial charge in [-0.25, -0.2) is 4.79 Å². The predicted octanol–water partition coefficient (Wildman–Crippen LogP) is 3.81. The number of ether oxygens (including phenoxy) is 1. The predicted molar refractivity (Wildman–Crippen MR) is 102 cm³/mol. The van der Waals surface area contributed by atoms with E-state index in [0.29, 0.717) is 11.3 Å². The molecule has 6 heteroatoms. The van der Waals surface area contributed by atoms with Crippen LogP contribution in [0.1, 0.15) is 48.4 Å². The number of aromatic hydroxyl groups is 1. The summed E-state index contributed by atoms with van der Waals surface area (Å²) in [6.07, 6.45) is -0.971. The van der Waals surface area contributed by atoms with Crippen LogP contribution in [-0.4, -0.2) is 28.9 Å². The van der Waals surface area contributed by atoms with Crippen LogP contribution in [0.3, 0.4) is 0 Å². The van der Waals surface area contributed by atoms with Crippen molar-refractivity contribution in [3.8, 4) is 5.75 Å². The Morgan fingerprint density at radius 3 is 1.96 bits per heavy atom. The molecule has 27 heavy (non-hydrogen) atoms. The molecule has 0 radical (unpaired) electrons. The SMILES string of the molecule is C[C@H](OC(=O)c1ccc(O)cc1)C(=O)c1ccc(NC(=O)C(C)(C)C)cc1. The summed E-state index contributed by atoms with van der Waals surface area (Å²) in [5.41, 5.74) is 0.675. The standard InChI is InChI=1S/C21H23NO5/c1-13(27-19(25)15-7-11-17(23)12-8-15)18(24)14-5-9-16(10-6-14)22-20(26)21(2,3)4/h5-13,23H,1-4H3,(H,22,26)/t13-/m0/s1. The van der Waals surface area contributed by atoms with E-state index in [1.54, 1.807) is 24.3 Å². The summed E-state index contributed by atoms with van der Waals surface area (Å²) in [7, 11) is 0. The van der Waals surface area contributed by atoms with Gasteiger partial charge in [0, 0.05) is 16.7 Å². The van der Waals surface area contributed by atoms with E-state index in [2.05, 4.69) is 5.32 Å². The maximum absolute atomic E-state index is 12.5. The van der Waals surface area contributed by atoms with E-state index in [-0.39, 0.29) is 23.0 Å². The average Bonchev–Trinajstić information content (AvgIpc) is 2.61. The van der Waals surface area contributed by atoms with Crippen molar-refractivity contribution in [3.05, 3.63) is 59.7 Å². The molecule has 1 atom stereocenters. The normalized spacial score (nSPS) is 12.1. The lowest BCUT2D eigenvalue weighted by Gasteiger charge is -2.18. The highest BCUT2D eigenvalue weighted by atomic mass is 16.5.